The normalized spacial score (nSPS) is 10.9. The third-order valence-corrected chi connectivity index (χ3v) is 2.52. The highest BCUT2D eigenvalue weighted by Gasteiger charge is 2.16. The Balaban J connectivity index is 3.14. The summed E-state index contributed by atoms with van der Waals surface area (Å²) in [6, 6.07) is 8.54. The average molecular weight is 200 g/mol. The molecule has 0 heteroatoms. The van der Waals surface area contributed by atoms with Gasteiger partial charge in [0.2, 0.25) is 0 Å². The summed E-state index contributed by atoms with van der Waals surface area (Å²) >= 11 is 0. The van der Waals surface area contributed by atoms with Gasteiger partial charge in [-0.3, -0.25) is 0 Å². The Bertz CT molecular complexity index is 377. The summed E-state index contributed by atoms with van der Waals surface area (Å²) in [6.45, 7) is 12.6. The lowest BCUT2D eigenvalue weighted by atomic mass is 9.82. The zero-order chi connectivity index (χ0) is 11.5. The second kappa shape index (κ2) is 4.48. The molecule has 0 bridgehead atoms. The van der Waals surface area contributed by atoms with Crippen LogP contribution in [0.4, 0.5) is 0 Å². The van der Waals surface area contributed by atoms with E-state index < -0.39 is 0 Å². The van der Waals surface area contributed by atoms with E-state index >= 15 is 0 Å². The van der Waals surface area contributed by atoms with Gasteiger partial charge >= 0.3 is 0 Å². The minimum Gasteiger partial charge on any atom is -0.0985 e. The number of hydrogen-bond donors (Lipinski definition) is 0. The molecule has 1 rings (SSSR count). The van der Waals surface area contributed by atoms with E-state index in [9.17, 15) is 0 Å². The first-order chi connectivity index (χ1) is 6.95. The monoisotopic (exact) mass is 200 g/mol. The Morgan fingerprint density at radius 1 is 1.27 bits per heavy atom. The molecule has 0 nitrogen and oxygen atoms in total. The van der Waals surface area contributed by atoms with Crippen LogP contribution in [0.15, 0.2) is 42.5 Å². The number of benzene rings is 1. The highest BCUT2D eigenvalue weighted by atomic mass is 14.2. The second-order valence-corrected chi connectivity index (χ2v) is 4.77. The molecule has 0 aliphatic heterocycles. The van der Waals surface area contributed by atoms with Crippen molar-refractivity contribution in [1.82, 2.24) is 0 Å². The molecule has 0 spiro atoms. The Kier molecular flexibility index (Phi) is 3.52. The van der Waals surface area contributed by atoms with Crippen LogP contribution in [0.1, 0.15) is 38.8 Å². The van der Waals surface area contributed by atoms with Crippen molar-refractivity contribution in [3.8, 4) is 0 Å². The van der Waals surface area contributed by atoms with Crippen LogP contribution >= 0.6 is 0 Å². The Hall–Kier alpha value is -1.30. The van der Waals surface area contributed by atoms with Gasteiger partial charge in [-0.25, -0.2) is 0 Å². The highest BCUT2D eigenvalue weighted by Crippen LogP contribution is 2.26. The molecule has 0 unspecified atom stereocenters. The third kappa shape index (κ3) is 3.09. The molecule has 0 aliphatic rings. The fourth-order valence-corrected chi connectivity index (χ4v) is 1.87. The van der Waals surface area contributed by atoms with Crippen molar-refractivity contribution in [3.63, 3.8) is 0 Å². The van der Waals surface area contributed by atoms with E-state index in [0.717, 1.165) is 0 Å². The molecule has 0 saturated carbocycles. The molecule has 0 aliphatic carbocycles. The molecule has 15 heavy (non-hydrogen) atoms. The van der Waals surface area contributed by atoms with Crippen LogP contribution in [-0.2, 0) is 5.41 Å². The molecule has 1 aromatic rings. The minimum atomic E-state index is 0.0951. The first-order valence-electron chi connectivity index (χ1n) is 5.35. The summed E-state index contributed by atoms with van der Waals surface area (Å²) in [5.74, 6) is 0. The summed E-state index contributed by atoms with van der Waals surface area (Å²) in [4.78, 5) is 0. The van der Waals surface area contributed by atoms with Crippen LogP contribution in [0.5, 0.6) is 0 Å². The van der Waals surface area contributed by atoms with Crippen LogP contribution in [-0.4, -0.2) is 0 Å². The zero-order valence-corrected chi connectivity index (χ0v) is 10.2. The van der Waals surface area contributed by atoms with E-state index in [0.29, 0.717) is 0 Å². The van der Waals surface area contributed by atoms with Crippen molar-refractivity contribution in [3.05, 3.63) is 53.6 Å². The predicted molar refractivity (Wildman–Crippen MR) is 69.0 cm³/mol. The molecule has 0 saturated heterocycles. The third-order valence-electron chi connectivity index (χ3n) is 2.52. The smallest absolute Gasteiger partial charge is 0.00779 e. The Morgan fingerprint density at radius 2 is 1.93 bits per heavy atom. The fraction of sp³-hybridized carbons (Fsp3) is 0.333. The summed E-state index contributed by atoms with van der Waals surface area (Å²) in [5.41, 5.74) is 3.96. The first kappa shape index (κ1) is 11.8. The quantitative estimate of drug-likeness (QED) is 0.627. The predicted octanol–water partition coefficient (Wildman–Crippen LogP) is 4.57. The second-order valence-electron chi connectivity index (χ2n) is 4.77. The molecule has 0 N–H and O–H groups in total. The number of allylic oxidation sites excluding steroid dienone is 2. The molecule has 1 aromatic carbocycles. The maximum absolute atomic E-state index is 3.80. The van der Waals surface area contributed by atoms with Crippen molar-refractivity contribution in [2.75, 3.05) is 0 Å². The Labute approximate surface area is 93.3 Å². The van der Waals surface area contributed by atoms with Crippen molar-refractivity contribution in [2.45, 2.75) is 33.1 Å². The summed E-state index contributed by atoms with van der Waals surface area (Å²) < 4.78 is 0. The van der Waals surface area contributed by atoms with Gasteiger partial charge in [-0.1, -0.05) is 62.4 Å². The first-order valence-corrected chi connectivity index (χ1v) is 5.35. The van der Waals surface area contributed by atoms with Crippen LogP contribution in [0.25, 0.3) is 6.08 Å². The summed E-state index contributed by atoms with van der Waals surface area (Å²) in [6.07, 6.45) is 4.19. The molecule has 0 amide bonds. The van der Waals surface area contributed by atoms with Crippen molar-refractivity contribution >= 4 is 6.08 Å². The number of hydrogen-bond acceptors (Lipinski definition) is 0. The van der Waals surface area contributed by atoms with Gasteiger partial charge in [0.1, 0.15) is 0 Å². The molecule has 0 fully saturated rings. The zero-order valence-electron chi connectivity index (χ0n) is 10.2. The van der Waals surface area contributed by atoms with E-state index in [1.807, 2.05) is 6.08 Å². The van der Waals surface area contributed by atoms with Gasteiger partial charge in [0, 0.05) is 5.41 Å². The SMILES string of the molecule is C=Cc1cccc(C(C)(C)C=C(C)C)c1. The van der Waals surface area contributed by atoms with Gasteiger partial charge in [0.15, 0.2) is 0 Å². The van der Waals surface area contributed by atoms with Crippen LogP contribution in [0.3, 0.4) is 0 Å². The van der Waals surface area contributed by atoms with Gasteiger partial charge in [0.25, 0.3) is 0 Å². The molecule has 0 heterocycles. The molecular weight excluding hydrogens is 180 g/mol. The van der Waals surface area contributed by atoms with E-state index in [2.05, 4.69) is 64.6 Å². The van der Waals surface area contributed by atoms with E-state index in [1.165, 1.54) is 16.7 Å². The molecule has 0 atom stereocenters. The maximum Gasteiger partial charge on any atom is 0.00779 e. The largest absolute Gasteiger partial charge is 0.0985 e. The lowest BCUT2D eigenvalue weighted by Crippen LogP contribution is -2.14. The van der Waals surface area contributed by atoms with E-state index in [1.54, 1.807) is 0 Å². The van der Waals surface area contributed by atoms with Gasteiger partial charge in [0.05, 0.1) is 0 Å². The van der Waals surface area contributed by atoms with Gasteiger partial charge in [-0.2, -0.15) is 0 Å². The molecule has 0 aromatic heterocycles. The lowest BCUT2D eigenvalue weighted by Gasteiger charge is -2.22. The van der Waals surface area contributed by atoms with E-state index in [4.69, 9.17) is 0 Å². The van der Waals surface area contributed by atoms with E-state index in [-0.39, 0.29) is 5.41 Å². The summed E-state index contributed by atoms with van der Waals surface area (Å²) in [5, 5.41) is 0. The van der Waals surface area contributed by atoms with Crippen molar-refractivity contribution in [2.24, 2.45) is 0 Å². The van der Waals surface area contributed by atoms with Gasteiger partial charge in [-0.15, -0.1) is 0 Å². The Morgan fingerprint density at radius 3 is 2.47 bits per heavy atom. The maximum atomic E-state index is 3.80. The van der Waals surface area contributed by atoms with Crippen LogP contribution < -0.4 is 0 Å². The highest BCUT2D eigenvalue weighted by molar-refractivity contribution is 5.49. The topological polar surface area (TPSA) is 0 Å². The molecule has 80 valence electrons. The van der Waals surface area contributed by atoms with Crippen molar-refractivity contribution < 1.29 is 0 Å². The van der Waals surface area contributed by atoms with Gasteiger partial charge < -0.3 is 0 Å². The van der Waals surface area contributed by atoms with Gasteiger partial charge in [-0.05, 0) is 25.0 Å². The number of rotatable bonds is 3. The van der Waals surface area contributed by atoms with Crippen LogP contribution in [0, 0.1) is 0 Å². The standard InChI is InChI=1S/C15H20/c1-6-13-8-7-9-14(10-13)15(4,5)11-12(2)3/h6-11H,1H2,2-5H3. The minimum absolute atomic E-state index is 0.0951. The van der Waals surface area contributed by atoms with Crippen molar-refractivity contribution in [1.29, 1.82) is 0 Å². The van der Waals surface area contributed by atoms with Crippen LogP contribution in [0.2, 0.25) is 0 Å². The molecule has 0 radical (unpaired) electrons. The average Bonchev–Trinajstić information content (AvgIpc) is 2.16. The molecular formula is C15H20. The fourth-order valence-electron chi connectivity index (χ4n) is 1.87. The lowest BCUT2D eigenvalue weighted by molar-refractivity contribution is 0.664. The summed E-state index contributed by atoms with van der Waals surface area (Å²) in [7, 11) is 0.